The van der Waals surface area contributed by atoms with Crippen LogP contribution >= 0.6 is 11.6 Å². The quantitative estimate of drug-likeness (QED) is 0.740. The Hall–Kier alpha value is -1.80. The van der Waals surface area contributed by atoms with Crippen LogP contribution < -0.4 is 4.74 Å². The number of ketones is 1. The topological polar surface area (TPSA) is 26.3 Å². The molecule has 0 aliphatic heterocycles. The molecule has 0 saturated carbocycles. The molecule has 2 nitrogen and oxygen atoms in total. The molecule has 98 valence electrons. The minimum absolute atomic E-state index is 0.0376. The SMILES string of the molecule is CC(=O)c1c(C)cc(Oc2ccc(C)cc2)cc1Cl. The summed E-state index contributed by atoms with van der Waals surface area (Å²) in [5.41, 5.74) is 2.55. The highest BCUT2D eigenvalue weighted by Gasteiger charge is 2.11. The van der Waals surface area contributed by atoms with Crippen LogP contribution in [0.5, 0.6) is 11.5 Å². The molecule has 0 heterocycles. The average Bonchev–Trinajstić information content (AvgIpc) is 2.30. The minimum Gasteiger partial charge on any atom is -0.457 e. The van der Waals surface area contributed by atoms with Gasteiger partial charge in [-0.3, -0.25) is 4.79 Å². The van der Waals surface area contributed by atoms with E-state index in [4.69, 9.17) is 16.3 Å². The summed E-state index contributed by atoms with van der Waals surface area (Å²) in [6, 6.07) is 11.3. The normalized spacial score (nSPS) is 10.3. The number of rotatable bonds is 3. The third-order valence-electron chi connectivity index (χ3n) is 2.87. The van der Waals surface area contributed by atoms with Crippen molar-refractivity contribution in [1.82, 2.24) is 0 Å². The standard InChI is InChI=1S/C16H15ClO2/c1-10-4-6-13(7-5-10)19-14-8-11(2)16(12(3)18)15(17)9-14/h4-9H,1-3H3. The molecule has 0 bridgehead atoms. The fourth-order valence-electron chi connectivity index (χ4n) is 1.96. The number of ether oxygens (including phenoxy) is 1. The maximum Gasteiger partial charge on any atom is 0.161 e. The van der Waals surface area contributed by atoms with E-state index in [0.29, 0.717) is 16.3 Å². The number of hydrogen-bond donors (Lipinski definition) is 0. The predicted molar refractivity (Wildman–Crippen MR) is 77.4 cm³/mol. The molecule has 2 aromatic rings. The molecule has 0 amide bonds. The van der Waals surface area contributed by atoms with E-state index >= 15 is 0 Å². The first-order valence-electron chi connectivity index (χ1n) is 6.03. The predicted octanol–water partition coefficient (Wildman–Crippen LogP) is 4.95. The van der Waals surface area contributed by atoms with Gasteiger partial charge < -0.3 is 4.74 Å². The first-order chi connectivity index (χ1) is 8.97. The molecule has 0 spiro atoms. The van der Waals surface area contributed by atoms with Gasteiger partial charge in [-0.2, -0.15) is 0 Å². The summed E-state index contributed by atoms with van der Waals surface area (Å²) in [5, 5.41) is 0.426. The third-order valence-corrected chi connectivity index (χ3v) is 3.17. The molecule has 0 aliphatic rings. The lowest BCUT2D eigenvalue weighted by Crippen LogP contribution is -1.98. The van der Waals surface area contributed by atoms with E-state index in [2.05, 4.69) is 0 Å². The number of hydrogen-bond acceptors (Lipinski definition) is 2. The third kappa shape index (κ3) is 3.15. The molecule has 0 aromatic heterocycles. The molecule has 2 rings (SSSR count). The van der Waals surface area contributed by atoms with Gasteiger partial charge in [0.2, 0.25) is 0 Å². The summed E-state index contributed by atoms with van der Waals surface area (Å²) in [5.74, 6) is 1.34. The second-order valence-corrected chi connectivity index (χ2v) is 4.98. The molecule has 2 aromatic carbocycles. The van der Waals surface area contributed by atoms with Crippen molar-refractivity contribution in [3.8, 4) is 11.5 Å². The van der Waals surface area contributed by atoms with Crippen LogP contribution in [0.3, 0.4) is 0 Å². The van der Waals surface area contributed by atoms with Crippen molar-refractivity contribution in [1.29, 1.82) is 0 Å². The number of Topliss-reactive ketones (excluding diaryl/α,β-unsaturated/α-hetero) is 1. The summed E-state index contributed by atoms with van der Waals surface area (Å²) >= 11 is 6.12. The van der Waals surface area contributed by atoms with Crippen molar-refractivity contribution in [2.24, 2.45) is 0 Å². The summed E-state index contributed by atoms with van der Waals surface area (Å²) in [7, 11) is 0. The Morgan fingerprint density at radius 3 is 2.21 bits per heavy atom. The molecule has 0 atom stereocenters. The fraction of sp³-hybridized carbons (Fsp3) is 0.188. The van der Waals surface area contributed by atoms with Gasteiger partial charge in [0.15, 0.2) is 5.78 Å². The van der Waals surface area contributed by atoms with Crippen LogP contribution in [0.4, 0.5) is 0 Å². The molecular formula is C16H15ClO2. The molecule has 0 aliphatic carbocycles. The number of carbonyl (C=O) groups excluding carboxylic acids is 1. The zero-order chi connectivity index (χ0) is 14.0. The molecule has 0 fully saturated rings. The van der Waals surface area contributed by atoms with Crippen LogP contribution in [0.1, 0.15) is 28.4 Å². The van der Waals surface area contributed by atoms with Crippen molar-refractivity contribution >= 4 is 17.4 Å². The lowest BCUT2D eigenvalue weighted by Gasteiger charge is -2.10. The molecule has 19 heavy (non-hydrogen) atoms. The van der Waals surface area contributed by atoms with Gasteiger partial charge in [0.05, 0.1) is 5.02 Å². The highest BCUT2D eigenvalue weighted by Crippen LogP contribution is 2.30. The van der Waals surface area contributed by atoms with Gasteiger partial charge in [-0.15, -0.1) is 0 Å². The van der Waals surface area contributed by atoms with E-state index in [1.807, 2.05) is 44.2 Å². The van der Waals surface area contributed by atoms with Gasteiger partial charge in [0.25, 0.3) is 0 Å². The van der Waals surface area contributed by atoms with Gasteiger partial charge in [0.1, 0.15) is 11.5 Å². The smallest absolute Gasteiger partial charge is 0.161 e. The molecule has 0 radical (unpaired) electrons. The molecule has 0 N–H and O–H groups in total. The zero-order valence-electron chi connectivity index (χ0n) is 11.2. The van der Waals surface area contributed by atoms with Crippen molar-refractivity contribution in [2.45, 2.75) is 20.8 Å². The summed E-state index contributed by atoms with van der Waals surface area (Å²) in [6.45, 7) is 5.38. The number of carbonyl (C=O) groups is 1. The Labute approximate surface area is 118 Å². The van der Waals surface area contributed by atoms with E-state index in [0.717, 1.165) is 11.3 Å². The maximum atomic E-state index is 11.5. The fourth-order valence-corrected chi connectivity index (χ4v) is 2.35. The van der Waals surface area contributed by atoms with Crippen LogP contribution in [0.25, 0.3) is 0 Å². The van der Waals surface area contributed by atoms with Crippen LogP contribution in [0.2, 0.25) is 5.02 Å². The zero-order valence-corrected chi connectivity index (χ0v) is 11.9. The van der Waals surface area contributed by atoms with E-state index in [1.54, 1.807) is 6.07 Å². The summed E-state index contributed by atoms with van der Waals surface area (Å²) in [6.07, 6.45) is 0. The second-order valence-electron chi connectivity index (χ2n) is 4.57. The Bertz CT molecular complexity index is 592. The Kier molecular flexibility index (Phi) is 3.91. The van der Waals surface area contributed by atoms with Crippen LogP contribution in [-0.2, 0) is 0 Å². The van der Waals surface area contributed by atoms with Crippen LogP contribution in [-0.4, -0.2) is 5.78 Å². The van der Waals surface area contributed by atoms with Gasteiger partial charge in [-0.05, 0) is 44.5 Å². The summed E-state index contributed by atoms with van der Waals surface area (Å²) in [4.78, 5) is 11.5. The summed E-state index contributed by atoms with van der Waals surface area (Å²) < 4.78 is 5.73. The first-order valence-corrected chi connectivity index (χ1v) is 6.41. The van der Waals surface area contributed by atoms with Gasteiger partial charge in [-0.1, -0.05) is 29.3 Å². The van der Waals surface area contributed by atoms with Crippen LogP contribution in [0, 0.1) is 13.8 Å². The monoisotopic (exact) mass is 274 g/mol. The lowest BCUT2D eigenvalue weighted by atomic mass is 10.1. The molecule has 0 unspecified atom stereocenters. The Balaban J connectivity index is 2.32. The highest BCUT2D eigenvalue weighted by molar-refractivity contribution is 6.34. The van der Waals surface area contributed by atoms with E-state index in [1.165, 1.54) is 12.5 Å². The Morgan fingerprint density at radius 1 is 1.05 bits per heavy atom. The van der Waals surface area contributed by atoms with Crippen molar-refractivity contribution in [2.75, 3.05) is 0 Å². The lowest BCUT2D eigenvalue weighted by molar-refractivity contribution is 0.101. The van der Waals surface area contributed by atoms with Crippen molar-refractivity contribution in [3.05, 3.63) is 58.1 Å². The van der Waals surface area contributed by atoms with E-state index in [-0.39, 0.29) is 5.78 Å². The van der Waals surface area contributed by atoms with Crippen LogP contribution in [0.15, 0.2) is 36.4 Å². The van der Waals surface area contributed by atoms with Crippen molar-refractivity contribution < 1.29 is 9.53 Å². The largest absolute Gasteiger partial charge is 0.457 e. The second kappa shape index (κ2) is 5.45. The van der Waals surface area contributed by atoms with Gasteiger partial charge in [-0.25, -0.2) is 0 Å². The number of aryl methyl sites for hydroxylation is 2. The minimum atomic E-state index is -0.0376. The van der Waals surface area contributed by atoms with Gasteiger partial charge in [0, 0.05) is 11.6 Å². The highest BCUT2D eigenvalue weighted by atomic mass is 35.5. The maximum absolute atomic E-state index is 11.5. The molecule has 0 saturated heterocycles. The van der Waals surface area contributed by atoms with E-state index < -0.39 is 0 Å². The Morgan fingerprint density at radius 2 is 1.68 bits per heavy atom. The molecule has 3 heteroatoms. The van der Waals surface area contributed by atoms with Crippen molar-refractivity contribution in [3.63, 3.8) is 0 Å². The van der Waals surface area contributed by atoms with E-state index in [9.17, 15) is 4.79 Å². The number of benzene rings is 2. The number of halogens is 1. The average molecular weight is 275 g/mol. The molecular weight excluding hydrogens is 260 g/mol. The van der Waals surface area contributed by atoms with Gasteiger partial charge >= 0.3 is 0 Å². The first kappa shape index (κ1) is 13.6.